The Morgan fingerprint density at radius 1 is 0.587 bits per heavy atom. The highest BCUT2D eigenvalue weighted by Gasteiger charge is 2.51. The fourth-order valence-corrected chi connectivity index (χ4v) is 6.68. The van der Waals surface area contributed by atoms with Crippen molar-refractivity contribution in [1.82, 2.24) is 0 Å². The van der Waals surface area contributed by atoms with Crippen molar-refractivity contribution in [3.05, 3.63) is 102 Å². The van der Waals surface area contributed by atoms with Crippen molar-refractivity contribution in [2.75, 3.05) is 0 Å². The SMILES string of the molecule is Cc1ccc(Cl)c2c1CC(C(F)(F)F)C2=O.O=C1c2c(Br)cccc2CC1C(F)(F)F.O=C1c2c(Cl)cccc2CC1C(F)(F)F. The van der Waals surface area contributed by atoms with E-state index in [4.69, 9.17) is 23.2 Å². The van der Waals surface area contributed by atoms with Crippen LogP contribution in [0.3, 0.4) is 0 Å². The first-order valence-corrected chi connectivity index (χ1v) is 14.8. The van der Waals surface area contributed by atoms with Gasteiger partial charge in [0.05, 0.1) is 10.0 Å². The third-order valence-electron chi connectivity index (χ3n) is 7.83. The average Bonchev–Trinajstić information content (AvgIpc) is 3.59. The third kappa shape index (κ3) is 7.16. The summed E-state index contributed by atoms with van der Waals surface area (Å²) >= 11 is 14.5. The zero-order valence-electron chi connectivity index (χ0n) is 23.2. The van der Waals surface area contributed by atoms with Gasteiger partial charge in [-0.3, -0.25) is 14.4 Å². The van der Waals surface area contributed by atoms with Crippen molar-refractivity contribution in [2.24, 2.45) is 17.8 Å². The lowest BCUT2D eigenvalue weighted by Gasteiger charge is -2.11. The van der Waals surface area contributed by atoms with Gasteiger partial charge in [0.15, 0.2) is 17.3 Å². The lowest BCUT2D eigenvalue weighted by molar-refractivity contribution is -0.159. The molecule has 0 fully saturated rings. The predicted molar refractivity (Wildman–Crippen MR) is 155 cm³/mol. The summed E-state index contributed by atoms with van der Waals surface area (Å²) in [6.45, 7) is 1.68. The molecule has 6 rings (SSSR count). The molecule has 0 aromatic heterocycles. The van der Waals surface area contributed by atoms with Crippen LogP contribution >= 0.6 is 39.1 Å². The number of ketones is 3. The molecule has 15 heteroatoms. The van der Waals surface area contributed by atoms with Crippen molar-refractivity contribution < 1.29 is 53.9 Å². The Hall–Kier alpha value is -2.90. The van der Waals surface area contributed by atoms with E-state index in [-0.39, 0.29) is 46.0 Å². The predicted octanol–water partition coefficient (Wildman–Crippen LogP) is 10.2. The van der Waals surface area contributed by atoms with Crippen LogP contribution in [0.2, 0.25) is 10.0 Å². The number of hydrogen-bond donors (Lipinski definition) is 0. The maximum atomic E-state index is 12.6. The second kappa shape index (κ2) is 13.0. The second-order valence-corrected chi connectivity index (χ2v) is 12.4. The monoisotopic (exact) mass is 760 g/mol. The summed E-state index contributed by atoms with van der Waals surface area (Å²) < 4.78 is 113. The van der Waals surface area contributed by atoms with Crippen molar-refractivity contribution >= 4 is 56.5 Å². The van der Waals surface area contributed by atoms with Crippen LogP contribution in [-0.2, 0) is 19.3 Å². The molecule has 0 aliphatic heterocycles. The molecule has 0 saturated heterocycles. The second-order valence-electron chi connectivity index (χ2n) is 10.8. The van der Waals surface area contributed by atoms with Crippen LogP contribution in [-0.4, -0.2) is 35.9 Å². The van der Waals surface area contributed by atoms with Gasteiger partial charge in [-0.25, -0.2) is 0 Å². The van der Waals surface area contributed by atoms with E-state index in [1.807, 2.05) is 0 Å². The molecule has 0 spiro atoms. The zero-order chi connectivity index (χ0) is 34.5. The van der Waals surface area contributed by atoms with Crippen LogP contribution in [0, 0.1) is 24.7 Å². The number of rotatable bonds is 0. The Morgan fingerprint density at radius 3 is 1.46 bits per heavy atom. The van der Waals surface area contributed by atoms with Gasteiger partial charge in [-0.05, 0) is 66.6 Å². The first kappa shape index (κ1) is 35.9. The fraction of sp³-hybridized carbons (Fsp3) is 0.323. The molecule has 0 N–H and O–H groups in total. The number of aryl methyl sites for hydroxylation is 1. The molecule has 3 aromatic carbocycles. The summed E-state index contributed by atoms with van der Waals surface area (Å²) in [5.41, 5.74) is 2.22. The van der Waals surface area contributed by atoms with E-state index in [0.29, 0.717) is 26.7 Å². The average molecular weight is 762 g/mol. The van der Waals surface area contributed by atoms with Gasteiger partial charge in [-0.1, -0.05) is 69.5 Å². The molecule has 0 amide bonds. The minimum atomic E-state index is -4.49. The topological polar surface area (TPSA) is 51.2 Å². The van der Waals surface area contributed by atoms with Crippen LogP contribution in [0.5, 0.6) is 0 Å². The van der Waals surface area contributed by atoms with E-state index in [9.17, 15) is 53.9 Å². The highest BCUT2D eigenvalue weighted by Crippen LogP contribution is 2.43. The summed E-state index contributed by atoms with van der Waals surface area (Å²) in [6.07, 6.45) is -14.2. The summed E-state index contributed by atoms with van der Waals surface area (Å²) in [5.74, 6) is -8.37. The van der Waals surface area contributed by atoms with Crippen molar-refractivity contribution in [1.29, 1.82) is 0 Å². The van der Waals surface area contributed by atoms with Gasteiger partial charge in [0.2, 0.25) is 0 Å². The van der Waals surface area contributed by atoms with E-state index >= 15 is 0 Å². The van der Waals surface area contributed by atoms with Gasteiger partial charge in [-0.2, -0.15) is 39.5 Å². The smallest absolute Gasteiger partial charge is 0.293 e. The minimum absolute atomic E-state index is 0.0292. The lowest BCUT2D eigenvalue weighted by Crippen LogP contribution is -2.28. The Bertz CT molecular complexity index is 1630. The van der Waals surface area contributed by atoms with Gasteiger partial charge in [-0.15, -0.1) is 0 Å². The highest BCUT2D eigenvalue weighted by molar-refractivity contribution is 9.10. The number of fused-ring (bicyclic) bond motifs is 3. The maximum absolute atomic E-state index is 12.6. The van der Waals surface area contributed by atoms with E-state index in [1.54, 1.807) is 37.3 Å². The molecule has 0 saturated carbocycles. The van der Waals surface area contributed by atoms with Gasteiger partial charge in [0.25, 0.3) is 0 Å². The molecule has 3 aliphatic rings. The number of Topliss-reactive ketones (excluding diaryl/α,β-unsaturated/α-hetero) is 3. The molecule has 246 valence electrons. The minimum Gasteiger partial charge on any atom is -0.293 e. The van der Waals surface area contributed by atoms with E-state index in [0.717, 1.165) is 0 Å². The maximum Gasteiger partial charge on any atom is 0.399 e. The molecule has 3 nitrogen and oxygen atoms in total. The van der Waals surface area contributed by atoms with E-state index in [1.165, 1.54) is 18.2 Å². The van der Waals surface area contributed by atoms with E-state index in [2.05, 4.69) is 15.9 Å². The molecule has 3 atom stereocenters. The molecule has 46 heavy (non-hydrogen) atoms. The number of hydrogen-bond acceptors (Lipinski definition) is 3. The quantitative estimate of drug-likeness (QED) is 0.214. The van der Waals surface area contributed by atoms with Crippen molar-refractivity contribution in [2.45, 2.75) is 44.7 Å². The normalized spacial score (nSPS) is 20.4. The van der Waals surface area contributed by atoms with Crippen LogP contribution in [0.4, 0.5) is 39.5 Å². The molecule has 0 radical (unpaired) electrons. The number of halogens is 12. The van der Waals surface area contributed by atoms with E-state index < -0.39 is 53.6 Å². The number of alkyl halides is 9. The largest absolute Gasteiger partial charge is 0.399 e. The Balaban J connectivity index is 0.000000157. The van der Waals surface area contributed by atoms with Crippen LogP contribution in [0.25, 0.3) is 0 Å². The summed E-state index contributed by atoms with van der Waals surface area (Å²) in [4.78, 5) is 34.6. The molecule has 3 unspecified atom stereocenters. The molecular formula is C31H20BrCl2F9O3. The summed E-state index contributed by atoms with van der Waals surface area (Å²) in [7, 11) is 0. The summed E-state index contributed by atoms with van der Waals surface area (Å²) in [6, 6.07) is 12.4. The molecular weight excluding hydrogens is 742 g/mol. The summed E-state index contributed by atoms with van der Waals surface area (Å²) in [5, 5.41) is 0.210. The highest BCUT2D eigenvalue weighted by atomic mass is 79.9. The first-order valence-electron chi connectivity index (χ1n) is 13.3. The van der Waals surface area contributed by atoms with Crippen LogP contribution in [0.15, 0.2) is 53.0 Å². The third-order valence-corrected chi connectivity index (χ3v) is 9.12. The van der Waals surface area contributed by atoms with Gasteiger partial charge in [0.1, 0.15) is 17.8 Å². The molecule has 3 aliphatic carbocycles. The van der Waals surface area contributed by atoms with Crippen LogP contribution < -0.4 is 0 Å². The molecule has 3 aromatic rings. The fourth-order valence-electron chi connectivity index (χ4n) is 5.52. The standard InChI is InChI=1S/C11H8ClF3O.C10H6BrF3O.C10H6ClF3O/c1-5-2-3-8(12)9-6(5)4-7(10(9)16)11(13,14)15;2*11-7-3-1-2-5-4-6(10(12,13)14)9(15)8(5)7/h2-3,7H,4H2,1H3;2*1-3,6H,4H2. The number of benzene rings is 3. The van der Waals surface area contributed by atoms with Gasteiger partial charge < -0.3 is 0 Å². The molecule has 0 bridgehead atoms. The van der Waals surface area contributed by atoms with Crippen molar-refractivity contribution in [3.63, 3.8) is 0 Å². The lowest BCUT2D eigenvalue weighted by atomic mass is 10.0. The van der Waals surface area contributed by atoms with Gasteiger partial charge in [0, 0.05) is 21.2 Å². The first-order chi connectivity index (χ1) is 21.1. The van der Waals surface area contributed by atoms with Crippen LogP contribution in [0.1, 0.15) is 53.3 Å². The Labute approximate surface area is 274 Å². The molecule has 0 heterocycles. The Kier molecular flexibility index (Phi) is 10.1. The van der Waals surface area contributed by atoms with Crippen molar-refractivity contribution in [3.8, 4) is 0 Å². The zero-order valence-corrected chi connectivity index (χ0v) is 26.3. The van der Waals surface area contributed by atoms with Gasteiger partial charge >= 0.3 is 18.5 Å². The number of carbonyl (C=O) groups excluding carboxylic acids is 3. The Morgan fingerprint density at radius 2 is 1.00 bits per heavy atom. The number of carbonyl (C=O) groups is 3.